The van der Waals surface area contributed by atoms with Gasteiger partial charge in [0.15, 0.2) is 11.9 Å². The number of rotatable bonds is 2. The van der Waals surface area contributed by atoms with Gasteiger partial charge in [-0.25, -0.2) is 9.98 Å². The minimum atomic E-state index is -0.192. The topological polar surface area (TPSA) is 88.3 Å². The van der Waals surface area contributed by atoms with Crippen LogP contribution in [0.15, 0.2) is 38.2 Å². The molecule has 1 unspecified atom stereocenters. The van der Waals surface area contributed by atoms with Crippen LogP contribution in [0.5, 0.6) is 0 Å². The number of aliphatic imine (C=N–C) groups is 4. The zero-order chi connectivity index (χ0) is 13.2. The lowest BCUT2D eigenvalue weighted by atomic mass is 10.3. The fourth-order valence-electron chi connectivity index (χ4n) is 1.82. The monoisotopic (exact) mass is 272 g/mol. The maximum absolute atomic E-state index is 5.67. The van der Waals surface area contributed by atoms with Crippen LogP contribution in [0.25, 0.3) is 0 Å². The van der Waals surface area contributed by atoms with E-state index in [2.05, 4.69) is 25.0 Å². The molecule has 0 aromatic carbocycles. The highest BCUT2D eigenvalue weighted by Gasteiger charge is 2.28. The van der Waals surface area contributed by atoms with Crippen LogP contribution >= 0.6 is 11.8 Å². The Labute approximate surface area is 114 Å². The zero-order valence-corrected chi connectivity index (χ0v) is 11.1. The lowest BCUT2D eigenvalue weighted by Crippen LogP contribution is -2.31. The number of thioether (sulfide) groups is 1. The van der Waals surface area contributed by atoms with Gasteiger partial charge >= 0.3 is 0 Å². The van der Waals surface area contributed by atoms with Crippen LogP contribution in [0.1, 0.15) is 11.4 Å². The Morgan fingerprint density at radius 1 is 1.32 bits per heavy atom. The van der Waals surface area contributed by atoms with E-state index in [0.29, 0.717) is 5.84 Å². The van der Waals surface area contributed by atoms with Gasteiger partial charge in [0.05, 0.1) is 5.69 Å². The largest absolute Gasteiger partial charge is 0.368 e. The predicted molar refractivity (Wildman–Crippen MR) is 79.0 cm³/mol. The molecule has 1 aromatic rings. The van der Waals surface area contributed by atoms with Crippen molar-refractivity contribution in [3.8, 4) is 0 Å². The zero-order valence-electron chi connectivity index (χ0n) is 10.3. The Morgan fingerprint density at radius 3 is 3.05 bits per heavy atom. The van der Waals surface area contributed by atoms with Gasteiger partial charge in [0, 0.05) is 11.4 Å². The summed E-state index contributed by atoms with van der Waals surface area (Å²) in [5, 5.41) is 0.823. The number of nitrogens with zero attached hydrogens (tertiary/aromatic N) is 5. The molecule has 2 N–H and O–H groups in total. The van der Waals surface area contributed by atoms with Crippen molar-refractivity contribution in [3.63, 3.8) is 0 Å². The number of guanidine groups is 1. The van der Waals surface area contributed by atoms with Crippen LogP contribution in [0.3, 0.4) is 0 Å². The molecular formula is C12H12N6S. The molecule has 7 heteroatoms. The molecule has 2 aliphatic rings. The standard InChI is InChI=1S/C12H12N6S/c1-7-3-2-4-8(16-7)5-19-11-9-10(15-6-14-9)17-12(13)18-11/h2-4,6,9H,5H2,1H3,(H2,13,14,15,17). The van der Waals surface area contributed by atoms with Gasteiger partial charge in [0.2, 0.25) is 5.96 Å². The summed E-state index contributed by atoms with van der Waals surface area (Å²) in [6, 6.07) is 5.77. The Kier molecular flexibility index (Phi) is 3.12. The Morgan fingerprint density at radius 2 is 2.21 bits per heavy atom. The number of hydrogen-bond acceptors (Lipinski definition) is 7. The van der Waals surface area contributed by atoms with Gasteiger partial charge in [-0.2, -0.15) is 4.99 Å². The molecule has 96 valence electrons. The third-order valence-electron chi connectivity index (χ3n) is 2.65. The number of aromatic nitrogens is 1. The first-order valence-electron chi connectivity index (χ1n) is 5.80. The molecule has 0 fully saturated rings. The Hall–Kier alpha value is -2.02. The number of hydrogen-bond donors (Lipinski definition) is 1. The van der Waals surface area contributed by atoms with E-state index in [1.807, 2.05) is 25.1 Å². The van der Waals surface area contributed by atoms with Crippen LogP contribution in [-0.4, -0.2) is 34.2 Å². The van der Waals surface area contributed by atoms with Crippen LogP contribution in [0, 0.1) is 6.92 Å². The highest BCUT2D eigenvalue weighted by atomic mass is 32.2. The molecule has 1 aromatic heterocycles. The fraction of sp³-hybridized carbons (Fsp3) is 0.250. The van der Waals surface area contributed by atoms with E-state index in [4.69, 9.17) is 5.73 Å². The van der Waals surface area contributed by atoms with Crippen LogP contribution < -0.4 is 5.73 Å². The number of amidine groups is 1. The van der Waals surface area contributed by atoms with E-state index in [0.717, 1.165) is 22.2 Å². The fourth-order valence-corrected chi connectivity index (χ4v) is 2.75. The van der Waals surface area contributed by atoms with Crippen molar-refractivity contribution in [2.75, 3.05) is 0 Å². The highest BCUT2D eigenvalue weighted by Crippen LogP contribution is 2.21. The van der Waals surface area contributed by atoms with Crippen molar-refractivity contribution in [2.45, 2.75) is 18.7 Å². The molecule has 0 saturated carbocycles. The summed E-state index contributed by atoms with van der Waals surface area (Å²) < 4.78 is 0. The van der Waals surface area contributed by atoms with Gasteiger partial charge in [-0.1, -0.05) is 6.07 Å². The summed E-state index contributed by atoms with van der Waals surface area (Å²) in [5.41, 5.74) is 7.69. The molecule has 0 radical (unpaired) electrons. The second kappa shape index (κ2) is 4.93. The molecule has 2 aliphatic heterocycles. The second-order valence-corrected chi connectivity index (χ2v) is 5.13. The van der Waals surface area contributed by atoms with Gasteiger partial charge in [-0.15, -0.1) is 11.8 Å². The van der Waals surface area contributed by atoms with Gasteiger partial charge in [0.25, 0.3) is 0 Å². The summed E-state index contributed by atoms with van der Waals surface area (Å²) in [7, 11) is 0. The molecule has 19 heavy (non-hydrogen) atoms. The van der Waals surface area contributed by atoms with E-state index in [1.54, 1.807) is 11.8 Å². The van der Waals surface area contributed by atoms with Crippen LogP contribution in [0.2, 0.25) is 0 Å². The molecule has 0 bridgehead atoms. The smallest absolute Gasteiger partial charge is 0.222 e. The third-order valence-corrected chi connectivity index (χ3v) is 3.70. The van der Waals surface area contributed by atoms with Crippen molar-refractivity contribution >= 4 is 34.9 Å². The lowest BCUT2D eigenvalue weighted by Gasteiger charge is -2.15. The number of aryl methyl sites for hydroxylation is 1. The quantitative estimate of drug-likeness (QED) is 0.876. The average Bonchev–Trinajstić information content (AvgIpc) is 2.84. The maximum Gasteiger partial charge on any atom is 0.222 e. The van der Waals surface area contributed by atoms with Crippen molar-refractivity contribution in [2.24, 2.45) is 25.7 Å². The van der Waals surface area contributed by atoms with Gasteiger partial charge in [0.1, 0.15) is 11.4 Å². The first-order chi connectivity index (χ1) is 9.22. The molecule has 1 atom stereocenters. The summed E-state index contributed by atoms with van der Waals surface area (Å²) in [4.78, 5) is 21.1. The van der Waals surface area contributed by atoms with Gasteiger partial charge < -0.3 is 5.73 Å². The molecule has 3 heterocycles. The van der Waals surface area contributed by atoms with E-state index in [-0.39, 0.29) is 12.0 Å². The maximum atomic E-state index is 5.67. The Balaban J connectivity index is 1.75. The molecule has 0 aliphatic carbocycles. The first kappa shape index (κ1) is 12.0. The first-order valence-corrected chi connectivity index (χ1v) is 6.78. The molecule has 0 spiro atoms. The van der Waals surface area contributed by atoms with E-state index in [9.17, 15) is 0 Å². The minimum absolute atomic E-state index is 0.192. The normalized spacial score (nSPS) is 20.7. The van der Waals surface area contributed by atoms with Gasteiger partial charge in [-0.05, 0) is 19.1 Å². The van der Waals surface area contributed by atoms with Gasteiger partial charge in [-0.3, -0.25) is 9.98 Å². The molecule has 6 nitrogen and oxygen atoms in total. The summed E-state index contributed by atoms with van der Waals surface area (Å²) in [6.45, 7) is 1.98. The van der Waals surface area contributed by atoms with Crippen molar-refractivity contribution in [3.05, 3.63) is 29.6 Å². The van der Waals surface area contributed by atoms with Crippen LogP contribution in [0.4, 0.5) is 0 Å². The number of nitrogens with two attached hydrogens (primary N) is 1. The van der Waals surface area contributed by atoms with Crippen LogP contribution in [-0.2, 0) is 5.75 Å². The summed E-state index contributed by atoms with van der Waals surface area (Å²) in [5.74, 6) is 1.58. The highest BCUT2D eigenvalue weighted by molar-refractivity contribution is 8.13. The number of pyridine rings is 1. The number of fused-ring (bicyclic) bond motifs is 1. The summed E-state index contributed by atoms with van der Waals surface area (Å²) in [6.07, 6.45) is 1.50. The summed E-state index contributed by atoms with van der Waals surface area (Å²) >= 11 is 1.57. The third kappa shape index (κ3) is 2.55. The minimum Gasteiger partial charge on any atom is -0.368 e. The molecule has 0 saturated heterocycles. The van der Waals surface area contributed by atoms with Crippen molar-refractivity contribution in [1.82, 2.24) is 4.98 Å². The van der Waals surface area contributed by atoms with Crippen molar-refractivity contribution < 1.29 is 0 Å². The molecular weight excluding hydrogens is 260 g/mol. The van der Waals surface area contributed by atoms with E-state index in [1.165, 1.54) is 6.34 Å². The molecule has 3 rings (SSSR count). The SMILES string of the molecule is Cc1cccc(CSC2=NC(N)=NC3=NC=NC32)n1. The van der Waals surface area contributed by atoms with E-state index < -0.39 is 0 Å². The Bertz CT molecular complexity index is 631. The lowest BCUT2D eigenvalue weighted by molar-refractivity contribution is 1.11. The average molecular weight is 272 g/mol. The second-order valence-electron chi connectivity index (χ2n) is 4.13. The molecule has 0 amide bonds. The van der Waals surface area contributed by atoms with Crippen molar-refractivity contribution in [1.29, 1.82) is 0 Å². The predicted octanol–water partition coefficient (Wildman–Crippen LogP) is 1.16. The van der Waals surface area contributed by atoms with E-state index >= 15 is 0 Å².